The van der Waals surface area contributed by atoms with Gasteiger partial charge in [0, 0.05) is 36.5 Å². The summed E-state index contributed by atoms with van der Waals surface area (Å²) in [5.41, 5.74) is 1.30. The van der Waals surface area contributed by atoms with Crippen molar-refractivity contribution in [2.24, 2.45) is 11.3 Å². The van der Waals surface area contributed by atoms with Crippen LogP contribution >= 0.6 is 0 Å². The van der Waals surface area contributed by atoms with E-state index in [1.54, 1.807) is 24.3 Å². The number of benzene rings is 1. The molecule has 1 aromatic rings. The molecule has 1 aromatic carbocycles. The van der Waals surface area contributed by atoms with Crippen LogP contribution in [0.4, 0.5) is 4.39 Å². The number of carbonyl (C=O) groups is 1. The quantitative estimate of drug-likeness (QED) is 0.834. The molecule has 23 heavy (non-hydrogen) atoms. The molecule has 2 heterocycles. The number of rotatable bonds is 5. The number of carbonyl (C=O) groups excluding carboxylic acids is 1. The summed E-state index contributed by atoms with van der Waals surface area (Å²) in [5, 5.41) is 0. The van der Waals surface area contributed by atoms with Crippen molar-refractivity contribution in [2.75, 3.05) is 46.4 Å². The van der Waals surface area contributed by atoms with E-state index in [1.165, 1.54) is 0 Å². The summed E-state index contributed by atoms with van der Waals surface area (Å²) in [4.78, 5) is 17.0. The summed E-state index contributed by atoms with van der Waals surface area (Å²) in [6.45, 7) is 6.56. The molecule has 2 aliphatic heterocycles. The number of likely N-dealkylation sites (tertiary alicyclic amines) is 1. The number of alkyl halides is 1. The third-order valence-electron chi connectivity index (χ3n) is 5.29. The molecule has 0 N–H and O–H groups in total. The van der Waals surface area contributed by atoms with Crippen LogP contribution in [0.5, 0.6) is 0 Å². The summed E-state index contributed by atoms with van der Waals surface area (Å²) >= 11 is 0. The highest BCUT2D eigenvalue weighted by molar-refractivity contribution is 5.94. The summed E-state index contributed by atoms with van der Waals surface area (Å²) in [7, 11) is 2.12. The van der Waals surface area contributed by atoms with E-state index in [0.717, 1.165) is 39.4 Å². The molecule has 0 radical (unpaired) electrons. The van der Waals surface area contributed by atoms with Crippen LogP contribution in [0.1, 0.15) is 22.8 Å². The van der Waals surface area contributed by atoms with Crippen molar-refractivity contribution in [3.63, 3.8) is 0 Å². The Morgan fingerprint density at radius 1 is 1.43 bits per heavy atom. The third kappa shape index (κ3) is 3.12. The highest BCUT2D eigenvalue weighted by Gasteiger charge is 2.52. The van der Waals surface area contributed by atoms with E-state index in [4.69, 9.17) is 4.74 Å². The fourth-order valence-corrected chi connectivity index (χ4v) is 3.78. The second kappa shape index (κ2) is 6.57. The van der Waals surface area contributed by atoms with Gasteiger partial charge in [0.05, 0.1) is 13.2 Å². The molecule has 0 aliphatic carbocycles. The van der Waals surface area contributed by atoms with Crippen LogP contribution in [0.15, 0.2) is 24.3 Å². The first kappa shape index (κ1) is 16.4. The van der Waals surface area contributed by atoms with Crippen molar-refractivity contribution in [2.45, 2.75) is 13.6 Å². The summed E-state index contributed by atoms with van der Waals surface area (Å²) in [5.74, 6) is 0.453. The number of nitrogens with zero attached hydrogens (tertiary/aromatic N) is 2. The van der Waals surface area contributed by atoms with E-state index in [-0.39, 0.29) is 11.3 Å². The van der Waals surface area contributed by atoms with Gasteiger partial charge in [-0.2, -0.15) is 0 Å². The number of ether oxygens (including phenoxy) is 1. The SMILES string of the molecule is CCN(C)C[C@]12COC[C@H]1CN(C(=O)c1ccc(CF)cc1)C2. The van der Waals surface area contributed by atoms with Gasteiger partial charge in [-0.15, -0.1) is 0 Å². The fraction of sp³-hybridized carbons (Fsp3) is 0.611. The number of hydrogen-bond acceptors (Lipinski definition) is 3. The van der Waals surface area contributed by atoms with Crippen molar-refractivity contribution in [1.82, 2.24) is 9.80 Å². The lowest BCUT2D eigenvalue weighted by atomic mass is 9.80. The molecule has 1 amide bonds. The Kier molecular flexibility index (Phi) is 4.69. The molecule has 3 rings (SSSR count). The largest absolute Gasteiger partial charge is 0.380 e. The zero-order valence-electron chi connectivity index (χ0n) is 13.9. The average Bonchev–Trinajstić information content (AvgIpc) is 3.10. The van der Waals surface area contributed by atoms with E-state index in [2.05, 4.69) is 18.9 Å². The minimum atomic E-state index is -0.496. The maximum atomic E-state index is 12.8. The van der Waals surface area contributed by atoms with Gasteiger partial charge < -0.3 is 14.5 Å². The van der Waals surface area contributed by atoms with E-state index < -0.39 is 6.67 Å². The lowest BCUT2D eigenvalue weighted by Gasteiger charge is -2.31. The summed E-state index contributed by atoms with van der Waals surface area (Å²) < 4.78 is 18.3. The average molecular weight is 320 g/mol. The first-order chi connectivity index (χ1) is 11.1. The Labute approximate surface area is 137 Å². The molecule has 2 aliphatic rings. The molecular weight excluding hydrogens is 295 g/mol. The van der Waals surface area contributed by atoms with Crippen molar-refractivity contribution < 1.29 is 13.9 Å². The Morgan fingerprint density at radius 2 is 2.17 bits per heavy atom. The lowest BCUT2D eigenvalue weighted by molar-refractivity contribution is 0.0690. The van der Waals surface area contributed by atoms with Gasteiger partial charge in [0.1, 0.15) is 6.67 Å². The van der Waals surface area contributed by atoms with Crippen LogP contribution in [0.25, 0.3) is 0 Å². The van der Waals surface area contributed by atoms with E-state index >= 15 is 0 Å². The molecule has 126 valence electrons. The zero-order chi connectivity index (χ0) is 16.4. The highest BCUT2D eigenvalue weighted by Crippen LogP contribution is 2.42. The van der Waals surface area contributed by atoms with Crippen LogP contribution in [-0.4, -0.2) is 62.1 Å². The monoisotopic (exact) mass is 320 g/mol. The van der Waals surface area contributed by atoms with Gasteiger partial charge in [-0.1, -0.05) is 19.1 Å². The van der Waals surface area contributed by atoms with Crippen LogP contribution < -0.4 is 0 Å². The molecule has 2 atom stereocenters. The predicted molar refractivity (Wildman–Crippen MR) is 87.1 cm³/mol. The Hall–Kier alpha value is -1.46. The number of amides is 1. The predicted octanol–water partition coefficient (Wildman–Crippen LogP) is 2.20. The van der Waals surface area contributed by atoms with Gasteiger partial charge in [-0.25, -0.2) is 4.39 Å². The highest BCUT2D eigenvalue weighted by atomic mass is 19.1. The fourth-order valence-electron chi connectivity index (χ4n) is 3.78. The minimum Gasteiger partial charge on any atom is -0.380 e. The third-order valence-corrected chi connectivity index (χ3v) is 5.29. The number of halogens is 1. The van der Waals surface area contributed by atoms with Crippen molar-refractivity contribution >= 4 is 5.91 Å². The Morgan fingerprint density at radius 3 is 2.83 bits per heavy atom. The minimum absolute atomic E-state index is 0.0448. The maximum Gasteiger partial charge on any atom is 0.253 e. The van der Waals surface area contributed by atoms with Crippen LogP contribution in [-0.2, 0) is 11.4 Å². The lowest BCUT2D eigenvalue weighted by Crippen LogP contribution is -2.42. The van der Waals surface area contributed by atoms with Crippen LogP contribution in [0, 0.1) is 11.3 Å². The van der Waals surface area contributed by atoms with Gasteiger partial charge in [-0.3, -0.25) is 4.79 Å². The van der Waals surface area contributed by atoms with Gasteiger partial charge in [-0.05, 0) is 31.3 Å². The van der Waals surface area contributed by atoms with E-state index in [9.17, 15) is 9.18 Å². The number of fused-ring (bicyclic) bond motifs is 1. The first-order valence-corrected chi connectivity index (χ1v) is 8.28. The molecule has 0 bridgehead atoms. The maximum absolute atomic E-state index is 12.8. The molecule has 0 unspecified atom stereocenters. The summed E-state index contributed by atoms with van der Waals surface area (Å²) in [6.07, 6.45) is 0. The normalized spacial score (nSPS) is 26.8. The Balaban J connectivity index is 1.73. The molecule has 2 fully saturated rings. The molecule has 0 spiro atoms. The second-order valence-electron chi connectivity index (χ2n) is 6.92. The second-order valence-corrected chi connectivity index (χ2v) is 6.92. The molecule has 2 saturated heterocycles. The van der Waals surface area contributed by atoms with Crippen molar-refractivity contribution in [1.29, 1.82) is 0 Å². The Bertz CT molecular complexity index is 563. The van der Waals surface area contributed by atoms with Gasteiger partial charge in [0.2, 0.25) is 0 Å². The molecule has 5 heteroatoms. The zero-order valence-corrected chi connectivity index (χ0v) is 13.9. The molecule has 4 nitrogen and oxygen atoms in total. The summed E-state index contributed by atoms with van der Waals surface area (Å²) in [6, 6.07) is 6.83. The van der Waals surface area contributed by atoms with E-state index in [1.807, 2.05) is 4.90 Å². The van der Waals surface area contributed by atoms with Gasteiger partial charge in [0.25, 0.3) is 5.91 Å². The van der Waals surface area contributed by atoms with Crippen molar-refractivity contribution in [3.8, 4) is 0 Å². The topological polar surface area (TPSA) is 32.8 Å². The first-order valence-electron chi connectivity index (χ1n) is 8.28. The smallest absolute Gasteiger partial charge is 0.253 e. The molecule has 0 aromatic heterocycles. The van der Waals surface area contributed by atoms with E-state index in [0.29, 0.717) is 17.0 Å². The molecule has 0 saturated carbocycles. The van der Waals surface area contributed by atoms with Crippen LogP contribution in [0.2, 0.25) is 0 Å². The number of hydrogen-bond donors (Lipinski definition) is 0. The van der Waals surface area contributed by atoms with Gasteiger partial charge in [0.15, 0.2) is 0 Å². The molecular formula is C18H25FN2O2. The standard InChI is InChI=1S/C18H25FN2O2/c1-3-20(2)11-18-12-21(9-16(18)10-23-13-18)17(22)15-6-4-14(8-19)5-7-15/h4-7,16H,3,8-13H2,1-2H3/t16-,18+/m1/s1. The van der Waals surface area contributed by atoms with Crippen LogP contribution in [0.3, 0.4) is 0 Å². The van der Waals surface area contributed by atoms with Crippen molar-refractivity contribution in [3.05, 3.63) is 35.4 Å². The van der Waals surface area contributed by atoms with Gasteiger partial charge >= 0.3 is 0 Å².